The summed E-state index contributed by atoms with van der Waals surface area (Å²) in [6, 6.07) is 2.29. The van der Waals surface area contributed by atoms with E-state index >= 15 is 0 Å². The van der Waals surface area contributed by atoms with E-state index in [0.717, 1.165) is 31.1 Å². The Morgan fingerprint density at radius 3 is 3.05 bits per heavy atom. The van der Waals surface area contributed by atoms with E-state index < -0.39 is 5.97 Å². The second-order valence-corrected chi connectivity index (χ2v) is 6.17. The zero-order valence-electron chi connectivity index (χ0n) is 11.5. The molecule has 1 aliphatic heterocycles. The Morgan fingerprint density at radius 1 is 1.45 bits per heavy atom. The minimum Gasteiger partial charge on any atom is -0.478 e. The lowest BCUT2D eigenvalue weighted by Gasteiger charge is -2.27. The van der Waals surface area contributed by atoms with Crippen LogP contribution in [0.15, 0.2) is 17.5 Å². The van der Waals surface area contributed by atoms with Crippen LogP contribution in [0, 0.1) is 0 Å². The molecule has 1 saturated heterocycles. The zero-order valence-corrected chi connectivity index (χ0v) is 12.3. The summed E-state index contributed by atoms with van der Waals surface area (Å²) < 4.78 is 0. The van der Waals surface area contributed by atoms with Gasteiger partial charge in [-0.3, -0.25) is 4.90 Å². The molecule has 5 heteroatoms. The summed E-state index contributed by atoms with van der Waals surface area (Å²) in [5, 5.41) is 20.1. The standard InChI is InChI=1S/C15H21NO3S/c17-10-13-4-2-1-3-7-16(13)9-14-8-12(11-20-14)5-6-15(18)19/h5-6,8,11,13,17H,1-4,7,9-10H2,(H,18,19)/b6-5+. The van der Waals surface area contributed by atoms with Crippen molar-refractivity contribution in [1.82, 2.24) is 4.90 Å². The van der Waals surface area contributed by atoms with Crippen molar-refractivity contribution in [3.63, 3.8) is 0 Å². The van der Waals surface area contributed by atoms with Gasteiger partial charge in [0.1, 0.15) is 0 Å². The van der Waals surface area contributed by atoms with Gasteiger partial charge in [0.2, 0.25) is 0 Å². The minimum absolute atomic E-state index is 0.219. The first-order valence-corrected chi connectivity index (χ1v) is 7.90. The van der Waals surface area contributed by atoms with Crippen LogP contribution in [0.1, 0.15) is 36.1 Å². The fourth-order valence-corrected chi connectivity index (χ4v) is 3.47. The first-order chi connectivity index (χ1) is 9.69. The maximum absolute atomic E-state index is 10.5. The third kappa shape index (κ3) is 4.44. The number of thiophene rings is 1. The Hall–Kier alpha value is -1.17. The van der Waals surface area contributed by atoms with Crippen molar-refractivity contribution in [3.05, 3.63) is 28.0 Å². The smallest absolute Gasteiger partial charge is 0.328 e. The Balaban J connectivity index is 1.99. The number of hydrogen-bond acceptors (Lipinski definition) is 4. The van der Waals surface area contributed by atoms with Gasteiger partial charge in [0.25, 0.3) is 0 Å². The first-order valence-electron chi connectivity index (χ1n) is 7.02. The van der Waals surface area contributed by atoms with Gasteiger partial charge < -0.3 is 10.2 Å². The number of carbonyl (C=O) groups is 1. The van der Waals surface area contributed by atoms with E-state index in [-0.39, 0.29) is 12.6 Å². The van der Waals surface area contributed by atoms with E-state index in [4.69, 9.17) is 5.11 Å². The van der Waals surface area contributed by atoms with Gasteiger partial charge in [-0.05, 0) is 42.5 Å². The lowest BCUT2D eigenvalue weighted by Crippen LogP contribution is -2.36. The molecule has 0 radical (unpaired) electrons. The van der Waals surface area contributed by atoms with E-state index in [2.05, 4.69) is 4.90 Å². The Bertz CT molecular complexity index is 469. The van der Waals surface area contributed by atoms with Gasteiger partial charge in [0, 0.05) is 23.5 Å². The van der Waals surface area contributed by atoms with Crippen molar-refractivity contribution >= 4 is 23.4 Å². The molecular formula is C15H21NO3S. The number of carboxylic acids is 1. The maximum atomic E-state index is 10.5. The molecule has 1 aromatic heterocycles. The van der Waals surface area contributed by atoms with Crippen LogP contribution in [0.4, 0.5) is 0 Å². The Labute approximate surface area is 123 Å². The average molecular weight is 295 g/mol. The third-order valence-corrected chi connectivity index (χ3v) is 4.60. The highest BCUT2D eigenvalue weighted by atomic mass is 32.1. The fraction of sp³-hybridized carbons (Fsp3) is 0.533. The summed E-state index contributed by atoms with van der Waals surface area (Å²) in [7, 11) is 0. The molecule has 20 heavy (non-hydrogen) atoms. The van der Waals surface area contributed by atoms with Gasteiger partial charge in [-0.2, -0.15) is 0 Å². The summed E-state index contributed by atoms with van der Waals surface area (Å²) >= 11 is 1.65. The second kappa shape index (κ2) is 7.57. The van der Waals surface area contributed by atoms with Crippen molar-refractivity contribution in [3.8, 4) is 0 Å². The van der Waals surface area contributed by atoms with Crippen LogP contribution >= 0.6 is 11.3 Å². The zero-order chi connectivity index (χ0) is 14.4. The van der Waals surface area contributed by atoms with Crippen LogP contribution in [0.3, 0.4) is 0 Å². The predicted molar refractivity (Wildman–Crippen MR) is 80.7 cm³/mol. The first kappa shape index (κ1) is 15.2. The van der Waals surface area contributed by atoms with Crippen LogP contribution in [0.5, 0.6) is 0 Å². The molecule has 0 aliphatic carbocycles. The molecule has 0 saturated carbocycles. The molecular weight excluding hydrogens is 274 g/mol. The number of aliphatic carboxylic acids is 1. The van der Waals surface area contributed by atoms with E-state index in [1.807, 2.05) is 11.4 Å². The number of hydrogen-bond donors (Lipinski definition) is 2. The SMILES string of the molecule is O=C(O)/C=C/c1csc(CN2CCCCCC2CO)c1. The minimum atomic E-state index is -0.925. The Kier molecular flexibility index (Phi) is 5.76. The number of nitrogens with zero attached hydrogens (tertiary/aromatic N) is 1. The van der Waals surface area contributed by atoms with Crippen LogP contribution in [-0.2, 0) is 11.3 Å². The van der Waals surface area contributed by atoms with Crippen molar-refractivity contribution in [1.29, 1.82) is 0 Å². The Morgan fingerprint density at radius 2 is 2.30 bits per heavy atom. The summed E-state index contributed by atoms with van der Waals surface area (Å²) in [6.45, 7) is 2.09. The van der Waals surface area contributed by atoms with Crippen molar-refractivity contribution < 1.29 is 15.0 Å². The lowest BCUT2D eigenvalue weighted by molar-refractivity contribution is -0.131. The van der Waals surface area contributed by atoms with Gasteiger partial charge in [-0.15, -0.1) is 11.3 Å². The highest BCUT2D eigenvalue weighted by Crippen LogP contribution is 2.23. The number of rotatable bonds is 5. The van der Waals surface area contributed by atoms with Crippen molar-refractivity contribution in [2.45, 2.75) is 38.3 Å². The van der Waals surface area contributed by atoms with Crippen LogP contribution < -0.4 is 0 Å². The quantitative estimate of drug-likeness (QED) is 0.820. The molecule has 1 aliphatic rings. The molecule has 0 bridgehead atoms. The van der Waals surface area contributed by atoms with Crippen LogP contribution in [0.2, 0.25) is 0 Å². The van der Waals surface area contributed by atoms with Gasteiger partial charge in [0.15, 0.2) is 0 Å². The normalized spacial score (nSPS) is 21.1. The molecule has 2 heterocycles. The molecule has 4 nitrogen and oxygen atoms in total. The van der Waals surface area contributed by atoms with E-state index in [1.165, 1.54) is 24.1 Å². The monoisotopic (exact) mass is 295 g/mol. The molecule has 1 unspecified atom stereocenters. The molecule has 0 amide bonds. The molecule has 2 N–H and O–H groups in total. The third-order valence-electron chi connectivity index (χ3n) is 3.66. The molecule has 0 aromatic carbocycles. The summed E-state index contributed by atoms with van der Waals surface area (Å²) in [5.74, 6) is -0.925. The number of aliphatic hydroxyl groups excluding tert-OH is 1. The number of aliphatic hydroxyl groups is 1. The van der Waals surface area contributed by atoms with Gasteiger partial charge in [-0.1, -0.05) is 12.8 Å². The van der Waals surface area contributed by atoms with E-state index in [0.29, 0.717) is 0 Å². The largest absolute Gasteiger partial charge is 0.478 e. The van der Waals surface area contributed by atoms with Crippen LogP contribution in [0.25, 0.3) is 6.08 Å². The number of likely N-dealkylation sites (tertiary alicyclic amines) is 1. The molecule has 2 rings (SSSR count). The van der Waals surface area contributed by atoms with Crippen molar-refractivity contribution in [2.75, 3.05) is 13.2 Å². The second-order valence-electron chi connectivity index (χ2n) is 5.17. The van der Waals surface area contributed by atoms with Crippen LogP contribution in [-0.4, -0.2) is 40.3 Å². The fourth-order valence-electron chi connectivity index (χ4n) is 2.59. The molecule has 1 atom stereocenters. The highest BCUT2D eigenvalue weighted by Gasteiger charge is 2.20. The van der Waals surface area contributed by atoms with Gasteiger partial charge in [-0.25, -0.2) is 4.79 Å². The molecule has 1 aromatic rings. The lowest BCUT2D eigenvalue weighted by atomic mass is 10.1. The van der Waals surface area contributed by atoms with E-state index in [1.54, 1.807) is 17.4 Å². The van der Waals surface area contributed by atoms with Gasteiger partial charge >= 0.3 is 5.97 Å². The summed E-state index contributed by atoms with van der Waals surface area (Å²) in [6.07, 6.45) is 7.46. The molecule has 1 fully saturated rings. The topological polar surface area (TPSA) is 60.8 Å². The van der Waals surface area contributed by atoms with Gasteiger partial charge in [0.05, 0.1) is 6.61 Å². The highest BCUT2D eigenvalue weighted by molar-refractivity contribution is 7.10. The summed E-state index contributed by atoms with van der Waals surface area (Å²) in [4.78, 5) is 14.1. The maximum Gasteiger partial charge on any atom is 0.328 e. The molecule has 0 spiro atoms. The average Bonchev–Trinajstić information content (AvgIpc) is 2.75. The number of carboxylic acid groups (broad SMARTS) is 1. The van der Waals surface area contributed by atoms with E-state index in [9.17, 15) is 9.90 Å². The van der Waals surface area contributed by atoms with Crippen molar-refractivity contribution in [2.24, 2.45) is 0 Å². The predicted octanol–water partition coefficient (Wildman–Crippen LogP) is 2.58. The molecule has 110 valence electrons. The summed E-state index contributed by atoms with van der Waals surface area (Å²) in [5.41, 5.74) is 0.933.